The van der Waals surface area contributed by atoms with Crippen LogP contribution in [0.25, 0.3) is 5.69 Å². The van der Waals surface area contributed by atoms with Crippen LogP contribution in [0.1, 0.15) is 35.6 Å². The van der Waals surface area contributed by atoms with Gasteiger partial charge in [0.1, 0.15) is 0 Å². The molecule has 2 aromatic rings. The van der Waals surface area contributed by atoms with Crippen molar-refractivity contribution < 1.29 is 14.7 Å². The Morgan fingerprint density at radius 2 is 1.96 bits per heavy atom. The Bertz CT molecular complexity index is 768. The average Bonchev–Trinajstić information content (AvgIpc) is 2.94. The van der Waals surface area contributed by atoms with Crippen molar-refractivity contribution in [3.8, 4) is 5.69 Å². The van der Waals surface area contributed by atoms with Gasteiger partial charge in [-0.3, -0.25) is 0 Å². The van der Waals surface area contributed by atoms with Gasteiger partial charge < -0.3 is 15.3 Å². The summed E-state index contributed by atoms with van der Waals surface area (Å²) in [6, 6.07) is 9.29. The van der Waals surface area contributed by atoms with E-state index in [1.54, 1.807) is 9.58 Å². The zero-order valence-corrected chi connectivity index (χ0v) is 13.7. The van der Waals surface area contributed by atoms with Crippen molar-refractivity contribution in [3.63, 3.8) is 0 Å². The fraction of sp³-hybridized carbons (Fsp3) is 0.353. The second-order valence-corrected chi connectivity index (χ2v) is 6.10. The summed E-state index contributed by atoms with van der Waals surface area (Å²) < 4.78 is 1.68. The standard InChI is InChI=1S/C17H20N4O3/c1-11(2)18-17(24)20-9-8-14-13(10-20)15(16(22)23)19-21(14)12-6-4-3-5-7-12/h3-7,11H,8-10H2,1-2H3,(H,18,24)(H,22,23). The first kappa shape index (κ1) is 16.0. The number of nitrogens with one attached hydrogen (secondary N) is 1. The molecule has 0 unspecified atom stereocenters. The number of nitrogens with zero attached hydrogens (tertiary/aromatic N) is 3. The Labute approximate surface area is 139 Å². The zero-order chi connectivity index (χ0) is 17.3. The lowest BCUT2D eigenvalue weighted by Gasteiger charge is -2.28. The number of amides is 2. The van der Waals surface area contributed by atoms with E-state index in [-0.39, 0.29) is 24.3 Å². The number of urea groups is 1. The van der Waals surface area contributed by atoms with Crippen LogP contribution >= 0.6 is 0 Å². The summed E-state index contributed by atoms with van der Waals surface area (Å²) in [6.45, 7) is 4.57. The highest BCUT2D eigenvalue weighted by atomic mass is 16.4. The number of carbonyl (C=O) groups excluding carboxylic acids is 1. The maximum atomic E-state index is 12.2. The van der Waals surface area contributed by atoms with Crippen LogP contribution in [-0.4, -0.2) is 44.4 Å². The lowest BCUT2D eigenvalue weighted by molar-refractivity contribution is 0.0687. The van der Waals surface area contributed by atoms with Crippen molar-refractivity contribution in [1.29, 1.82) is 0 Å². The highest BCUT2D eigenvalue weighted by Crippen LogP contribution is 2.25. The van der Waals surface area contributed by atoms with Crippen molar-refractivity contribution in [1.82, 2.24) is 20.0 Å². The van der Waals surface area contributed by atoms with Crippen LogP contribution in [0, 0.1) is 0 Å². The molecule has 7 nitrogen and oxygen atoms in total. The number of carboxylic acid groups (broad SMARTS) is 1. The van der Waals surface area contributed by atoms with Gasteiger partial charge in [-0.2, -0.15) is 5.10 Å². The average molecular weight is 328 g/mol. The van der Waals surface area contributed by atoms with Crippen LogP contribution in [0.4, 0.5) is 4.79 Å². The molecule has 0 atom stereocenters. The Kier molecular flexibility index (Phi) is 4.24. The molecule has 0 radical (unpaired) electrons. The third-order valence-corrected chi connectivity index (χ3v) is 3.96. The van der Waals surface area contributed by atoms with E-state index in [2.05, 4.69) is 10.4 Å². The smallest absolute Gasteiger partial charge is 0.356 e. The van der Waals surface area contributed by atoms with Gasteiger partial charge in [0, 0.05) is 24.6 Å². The minimum Gasteiger partial charge on any atom is -0.476 e. The molecule has 126 valence electrons. The van der Waals surface area contributed by atoms with E-state index in [0.717, 1.165) is 11.4 Å². The number of rotatable bonds is 3. The number of fused-ring (bicyclic) bond motifs is 1. The highest BCUT2D eigenvalue weighted by Gasteiger charge is 2.30. The van der Waals surface area contributed by atoms with E-state index in [1.807, 2.05) is 44.2 Å². The van der Waals surface area contributed by atoms with Crippen LogP contribution < -0.4 is 5.32 Å². The number of para-hydroxylation sites is 1. The van der Waals surface area contributed by atoms with E-state index >= 15 is 0 Å². The molecule has 0 fully saturated rings. The van der Waals surface area contributed by atoms with Crippen LogP contribution in [0.3, 0.4) is 0 Å². The maximum absolute atomic E-state index is 12.2. The van der Waals surface area contributed by atoms with Gasteiger partial charge in [0.05, 0.1) is 17.9 Å². The SMILES string of the molecule is CC(C)NC(=O)N1CCc2c(c(C(=O)O)nn2-c2ccccc2)C1. The summed E-state index contributed by atoms with van der Waals surface area (Å²) in [5, 5.41) is 16.6. The molecule has 0 aliphatic carbocycles. The van der Waals surface area contributed by atoms with Gasteiger partial charge in [0.15, 0.2) is 5.69 Å². The van der Waals surface area contributed by atoms with E-state index in [0.29, 0.717) is 18.5 Å². The molecular formula is C17H20N4O3. The highest BCUT2D eigenvalue weighted by molar-refractivity contribution is 5.88. The van der Waals surface area contributed by atoms with E-state index in [1.165, 1.54) is 0 Å². The Hall–Kier alpha value is -2.83. The third kappa shape index (κ3) is 2.97. The van der Waals surface area contributed by atoms with Crippen molar-refractivity contribution in [3.05, 3.63) is 47.3 Å². The topological polar surface area (TPSA) is 87.5 Å². The largest absolute Gasteiger partial charge is 0.476 e. The number of carbonyl (C=O) groups is 2. The molecule has 2 heterocycles. The van der Waals surface area contributed by atoms with Gasteiger partial charge in [-0.05, 0) is 26.0 Å². The van der Waals surface area contributed by atoms with Gasteiger partial charge in [-0.15, -0.1) is 0 Å². The summed E-state index contributed by atoms with van der Waals surface area (Å²) in [5.74, 6) is -1.08. The molecule has 1 aromatic heterocycles. The molecule has 0 saturated carbocycles. The molecule has 0 saturated heterocycles. The molecule has 24 heavy (non-hydrogen) atoms. The molecule has 2 amide bonds. The number of aromatic nitrogens is 2. The van der Waals surface area contributed by atoms with Crippen LogP contribution in [0.5, 0.6) is 0 Å². The molecular weight excluding hydrogens is 308 g/mol. The van der Waals surface area contributed by atoms with Gasteiger partial charge in [-0.25, -0.2) is 14.3 Å². The van der Waals surface area contributed by atoms with Crippen molar-refractivity contribution in [2.24, 2.45) is 0 Å². The fourth-order valence-corrected chi connectivity index (χ4v) is 2.89. The molecule has 2 N–H and O–H groups in total. The van der Waals surface area contributed by atoms with Crippen LogP contribution in [-0.2, 0) is 13.0 Å². The Morgan fingerprint density at radius 1 is 1.25 bits per heavy atom. The molecule has 3 rings (SSSR count). The Morgan fingerprint density at radius 3 is 2.58 bits per heavy atom. The summed E-state index contributed by atoms with van der Waals surface area (Å²) in [7, 11) is 0. The minimum absolute atomic E-state index is 0.0101. The molecule has 1 aliphatic rings. The predicted molar refractivity (Wildman–Crippen MR) is 88.3 cm³/mol. The van der Waals surface area contributed by atoms with Crippen molar-refractivity contribution in [2.75, 3.05) is 6.54 Å². The summed E-state index contributed by atoms with van der Waals surface area (Å²) in [5.41, 5.74) is 2.29. The van der Waals surface area contributed by atoms with Crippen molar-refractivity contribution >= 4 is 12.0 Å². The van der Waals surface area contributed by atoms with Crippen molar-refractivity contribution in [2.45, 2.75) is 32.9 Å². The minimum atomic E-state index is -1.08. The normalized spacial score (nSPS) is 13.7. The summed E-state index contributed by atoms with van der Waals surface area (Å²) in [6.07, 6.45) is 0.565. The fourth-order valence-electron chi connectivity index (χ4n) is 2.89. The number of hydrogen-bond acceptors (Lipinski definition) is 3. The molecule has 0 spiro atoms. The lowest BCUT2D eigenvalue weighted by atomic mass is 10.1. The molecule has 1 aromatic carbocycles. The predicted octanol–water partition coefficient (Wildman–Crippen LogP) is 2.05. The quantitative estimate of drug-likeness (QED) is 0.902. The number of aromatic carboxylic acids is 1. The Balaban J connectivity index is 1.97. The van der Waals surface area contributed by atoms with Crippen LogP contribution in [0.15, 0.2) is 30.3 Å². The summed E-state index contributed by atoms with van der Waals surface area (Å²) >= 11 is 0. The number of hydrogen-bond donors (Lipinski definition) is 2. The first-order valence-electron chi connectivity index (χ1n) is 7.92. The molecule has 1 aliphatic heterocycles. The van der Waals surface area contributed by atoms with Gasteiger partial charge in [0.25, 0.3) is 0 Å². The summed E-state index contributed by atoms with van der Waals surface area (Å²) in [4.78, 5) is 25.4. The van der Waals surface area contributed by atoms with Crippen LogP contribution in [0.2, 0.25) is 0 Å². The third-order valence-electron chi connectivity index (χ3n) is 3.96. The lowest BCUT2D eigenvalue weighted by Crippen LogP contribution is -2.45. The number of benzene rings is 1. The first-order valence-corrected chi connectivity index (χ1v) is 7.92. The molecule has 0 bridgehead atoms. The zero-order valence-electron chi connectivity index (χ0n) is 13.7. The first-order chi connectivity index (χ1) is 11.5. The number of carboxylic acids is 1. The van der Waals surface area contributed by atoms with Gasteiger partial charge in [0.2, 0.25) is 0 Å². The van der Waals surface area contributed by atoms with E-state index in [9.17, 15) is 14.7 Å². The van der Waals surface area contributed by atoms with E-state index < -0.39 is 5.97 Å². The second kappa shape index (κ2) is 6.35. The monoisotopic (exact) mass is 328 g/mol. The van der Waals surface area contributed by atoms with Gasteiger partial charge >= 0.3 is 12.0 Å². The van der Waals surface area contributed by atoms with E-state index in [4.69, 9.17) is 0 Å². The molecule has 7 heteroatoms. The van der Waals surface area contributed by atoms with Gasteiger partial charge in [-0.1, -0.05) is 18.2 Å². The maximum Gasteiger partial charge on any atom is 0.356 e. The second-order valence-electron chi connectivity index (χ2n) is 6.10.